The lowest BCUT2D eigenvalue weighted by atomic mass is 10.3. The number of benzene rings is 2. The topological polar surface area (TPSA) is 81.4 Å². The molecule has 112 valence electrons. The van der Waals surface area contributed by atoms with Crippen LogP contribution in [0.2, 0.25) is 0 Å². The Labute approximate surface area is 122 Å². The van der Waals surface area contributed by atoms with E-state index in [0.717, 1.165) is 6.07 Å². The van der Waals surface area contributed by atoms with Gasteiger partial charge in [0.1, 0.15) is 23.1 Å². The van der Waals surface area contributed by atoms with Gasteiger partial charge in [-0.25, -0.2) is 17.5 Å². The van der Waals surface area contributed by atoms with Crippen LogP contribution in [0.5, 0.6) is 5.75 Å². The normalized spacial score (nSPS) is 11.3. The fraction of sp³-hybridized carbons (Fsp3) is 0.143. The molecule has 7 heteroatoms. The van der Waals surface area contributed by atoms with Crippen LogP contribution in [0.1, 0.15) is 0 Å². The molecule has 0 fully saturated rings. The minimum Gasteiger partial charge on any atom is -0.492 e. The molecule has 3 N–H and O–H groups in total. The molecule has 0 saturated heterocycles. The summed E-state index contributed by atoms with van der Waals surface area (Å²) in [6, 6.07) is 11.9. The van der Waals surface area contributed by atoms with Gasteiger partial charge in [0.2, 0.25) is 10.0 Å². The van der Waals surface area contributed by atoms with Crippen molar-refractivity contribution >= 4 is 15.7 Å². The van der Waals surface area contributed by atoms with E-state index in [0.29, 0.717) is 11.4 Å². The Balaban J connectivity index is 1.88. The number of ether oxygens (including phenoxy) is 1. The molecule has 0 atom stereocenters. The molecule has 0 aromatic heterocycles. The average molecular weight is 310 g/mol. The van der Waals surface area contributed by atoms with Crippen molar-refractivity contribution in [2.75, 3.05) is 18.9 Å². The third-order valence-corrected chi connectivity index (χ3v) is 4.16. The Morgan fingerprint density at radius 2 is 1.76 bits per heavy atom. The molecule has 0 unspecified atom stereocenters. The first kappa shape index (κ1) is 15.3. The maximum Gasteiger partial charge on any atom is 0.243 e. The Kier molecular flexibility index (Phi) is 4.77. The van der Waals surface area contributed by atoms with Gasteiger partial charge < -0.3 is 10.5 Å². The standard InChI is InChI=1S/C14H15FN2O3S/c15-13-3-1-2-4-14(13)21(18,19)17-9-10-20-12-7-5-11(16)6-8-12/h1-8,17H,9-10,16H2. The second kappa shape index (κ2) is 6.55. The van der Waals surface area contributed by atoms with Gasteiger partial charge in [-0.3, -0.25) is 0 Å². The Morgan fingerprint density at radius 1 is 1.10 bits per heavy atom. The lowest BCUT2D eigenvalue weighted by Gasteiger charge is -2.09. The van der Waals surface area contributed by atoms with Crippen molar-refractivity contribution in [1.29, 1.82) is 0 Å². The fourth-order valence-electron chi connectivity index (χ4n) is 1.65. The van der Waals surface area contributed by atoms with Gasteiger partial charge in [-0.15, -0.1) is 0 Å². The van der Waals surface area contributed by atoms with Crippen LogP contribution in [0, 0.1) is 5.82 Å². The molecule has 2 aromatic carbocycles. The van der Waals surface area contributed by atoms with Crippen LogP contribution < -0.4 is 15.2 Å². The van der Waals surface area contributed by atoms with Gasteiger partial charge in [-0.05, 0) is 36.4 Å². The number of nitrogens with one attached hydrogen (secondary N) is 1. The lowest BCUT2D eigenvalue weighted by Crippen LogP contribution is -2.28. The molecule has 0 amide bonds. The zero-order valence-electron chi connectivity index (χ0n) is 11.1. The Morgan fingerprint density at radius 3 is 2.43 bits per heavy atom. The van der Waals surface area contributed by atoms with E-state index in [1.54, 1.807) is 24.3 Å². The van der Waals surface area contributed by atoms with E-state index in [-0.39, 0.29) is 18.0 Å². The molecular weight excluding hydrogens is 295 g/mol. The van der Waals surface area contributed by atoms with Gasteiger partial charge in [0.25, 0.3) is 0 Å². The highest BCUT2D eigenvalue weighted by atomic mass is 32.2. The first-order valence-electron chi connectivity index (χ1n) is 6.21. The molecule has 0 heterocycles. The first-order chi connectivity index (χ1) is 9.99. The number of rotatable bonds is 6. The SMILES string of the molecule is Nc1ccc(OCCNS(=O)(=O)c2ccccc2F)cc1. The number of nitrogens with two attached hydrogens (primary N) is 1. The average Bonchev–Trinajstić information content (AvgIpc) is 2.46. The van der Waals surface area contributed by atoms with Crippen molar-refractivity contribution in [3.05, 3.63) is 54.3 Å². The maximum absolute atomic E-state index is 13.4. The highest BCUT2D eigenvalue weighted by Gasteiger charge is 2.17. The summed E-state index contributed by atoms with van der Waals surface area (Å²) in [5.41, 5.74) is 6.15. The van der Waals surface area contributed by atoms with Crippen molar-refractivity contribution in [3.8, 4) is 5.75 Å². The zero-order valence-corrected chi connectivity index (χ0v) is 11.9. The van der Waals surface area contributed by atoms with Gasteiger partial charge in [-0.2, -0.15) is 0 Å². The van der Waals surface area contributed by atoms with Gasteiger partial charge >= 0.3 is 0 Å². The van der Waals surface area contributed by atoms with Crippen molar-refractivity contribution in [2.24, 2.45) is 0 Å². The summed E-state index contributed by atoms with van der Waals surface area (Å²) in [5.74, 6) is -0.209. The molecule has 0 saturated carbocycles. The molecule has 0 radical (unpaired) electrons. The molecule has 0 aliphatic carbocycles. The highest BCUT2D eigenvalue weighted by Crippen LogP contribution is 2.14. The van der Waals surface area contributed by atoms with E-state index in [9.17, 15) is 12.8 Å². The van der Waals surface area contributed by atoms with Crippen molar-refractivity contribution < 1.29 is 17.5 Å². The smallest absolute Gasteiger partial charge is 0.243 e. The summed E-state index contributed by atoms with van der Waals surface area (Å²) in [5, 5.41) is 0. The van der Waals surface area contributed by atoms with Gasteiger partial charge in [0.05, 0.1) is 0 Å². The minimum atomic E-state index is -3.88. The molecule has 2 aromatic rings. The fourth-order valence-corrected chi connectivity index (χ4v) is 2.74. The predicted molar refractivity (Wildman–Crippen MR) is 77.9 cm³/mol. The van der Waals surface area contributed by atoms with Crippen LogP contribution in [0.4, 0.5) is 10.1 Å². The van der Waals surface area contributed by atoms with Crippen LogP contribution in [-0.2, 0) is 10.0 Å². The molecule has 5 nitrogen and oxygen atoms in total. The van der Waals surface area contributed by atoms with Crippen molar-refractivity contribution in [2.45, 2.75) is 4.90 Å². The van der Waals surface area contributed by atoms with E-state index >= 15 is 0 Å². The summed E-state index contributed by atoms with van der Waals surface area (Å²) >= 11 is 0. The zero-order chi connectivity index (χ0) is 15.3. The molecule has 0 bridgehead atoms. The number of hydrogen-bond acceptors (Lipinski definition) is 4. The van der Waals surface area contributed by atoms with E-state index in [4.69, 9.17) is 10.5 Å². The quantitative estimate of drug-likeness (QED) is 0.629. The second-order valence-electron chi connectivity index (χ2n) is 4.25. The maximum atomic E-state index is 13.4. The Bertz CT molecular complexity index is 702. The second-order valence-corrected chi connectivity index (χ2v) is 5.98. The van der Waals surface area contributed by atoms with Crippen LogP contribution in [0.3, 0.4) is 0 Å². The summed E-state index contributed by atoms with van der Waals surface area (Å²) in [4.78, 5) is -0.377. The molecule has 0 spiro atoms. The summed E-state index contributed by atoms with van der Waals surface area (Å²) in [6.45, 7) is 0.151. The molecule has 0 aliphatic rings. The van der Waals surface area contributed by atoms with Crippen molar-refractivity contribution in [3.63, 3.8) is 0 Å². The largest absolute Gasteiger partial charge is 0.492 e. The molecule has 21 heavy (non-hydrogen) atoms. The van der Waals surface area contributed by atoms with Crippen LogP contribution >= 0.6 is 0 Å². The summed E-state index contributed by atoms with van der Waals surface area (Å²) in [7, 11) is -3.88. The highest BCUT2D eigenvalue weighted by molar-refractivity contribution is 7.89. The summed E-state index contributed by atoms with van der Waals surface area (Å²) < 4.78 is 44.8. The van der Waals surface area contributed by atoms with Crippen LogP contribution in [0.15, 0.2) is 53.4 Å². The number of hydrogen-bond donors (Lipinski definition) is 2. The van der Waals surface area contributed by atoms with E-state index in [1.807, 2.05) is 0 Å². The number of nitrogen functional groups attached to an aromatic ring is 1. The minimum absolute atomic E-state index is 0.0288. The molecular formula is C14H15FN2O3S. The molecule has 0 aliphatic heterocycles. The van der Waals surface area contributed by atoms with Crippen LogP contribution in [0.25, 0.3) is 0 Å². The Hall–Kier alpha value is -2.12. The predicted octanol–water partition coefficient (Wildman–Crippen LogP) is 1.77. The third-order valence-electron chi connectivity index (χ3n) is 2.67. The van der Waals surface area contributed by atoms with Crippen molar-refractivity contribution in [1.82, 2.24) is 4.72 Å². The number of halogens is 1. The van der Waals surface area contributed by atoms with Gasteiger partial charge in [-0.1, -0.05) is 12.1 Å². The lowest BCUT2D eigenvalue weighted by molar-refractivity contribution is 0.323. The number of anilines is 1. The van der Waals surface area contributed by atoms with E-state index in [2.05, 4.69) is 4.72 Å². The van der Waals surface area contributed by atoms with E-state index < -0.39 is 15.8 Å². The monoisotopic (exact) mass is 310 g/mol. The van der Waals surface area contributed by atoms with Gasteiger partial charge in [0, 0.05) is 12.2 Å². The van der Waals surface area contributed by atoms with Crippen LogP contribution in [-0.4, -0.2) is 21.6 Å². The van der Waals surface area contributed by atoms with E-state index in [1.165, 1.54) is 18.2 Å². The third kappa shape index (κ3) is 4.17. The first-order valence-corrected chi connectivity index (χ1v) is 7.70. The van der Waals surface area contributed by atoms with Gasteiger partial charge in [0.15, 0.2) is 0 Å². The number of sulfonamides is 1. The molecule has 2 rings (SSSR count). The summed E-state index contributed by atoms with van der Waals surface area (Å²) in [6.07, 6.45) is 0.